The van der Waals surface area contributed by atoms with Crippen LogP contribution in [0.3, 0.4) is 0 Å². The third kappa shape index (κ3) is 3.57. The van der Waals surface area contributed by atoms with Gasteiger partial charge in [0.05, 0.1) is 25.0 Å². The molecule has 0 atom stereocenters. The van der Waals surface area contributed by atoms with Crippen molar-refractivity contribution in [3.05, 3.63) is 54.6 Å². The standard InChI is InChI=1S/C15H16N4O3/c20-6-5-19(9-12-2-1-4-16-8-12)10-14-17-15(18-22-14)13-3-7-21-11-13/h1-4,7-8,11,20H,5-6,9-10H2. The van der Waals surface area contributed by atoms with Crippen LogP contribution in [0.5, 0.6) is 0 Å². The Morgan fingerprint density at radius 1 is 1.23 bits per heavy atom. The first-order valence-electron chi connectivity index (χ1n) is 6.92. The molecule has 0 fully saturated rings. The molecule has 114 valence electrons. The highest BCUT2D eigenvalue weighted by Crippen LogP contribution is 2.16. The summed E-state index contributed by atoms with van der Waals surface area (Å²) in [6, 6.07) is 5.65. The van der Waals surface area contributed by atoms with E-state index in [-0.39, 0.29) is 6.61 Å². The maximum absolute atomic E-state index is 9.21. The van der Waals surface area contributed by atoms with Crippen LogP contribution in [-0.2, 0) is 13.1 Å². The number of furan rings is 1. The van der Waals surface area contributed by atoms with Gasteiger partial charge in [0.15, 0.2) is 0 Å². The van der Waals surface area contributed by atoms with Crippen LogP contribution in [0.2, 0.25) is 0 Å². The largest absolute Gasteiger partial charge is 0.472 e. The third-order valence-corrected chi connectivity index (χ3v) is 3.15. The summed E-state index contributed by atoms with van der Waals surface area (Å²) in [6.07, 6.45) is 6.66. The lowest BCUT2D eigenvalue weighted by Crippen LogP contribution is -2.26. The molecule has 3 rings (SSSR count). The van der Waals surface area contributed by atoms with Crippen LogP contribution in [0.25, 0.3) is 11.4 Å². The number of rotatable bonds is 7. The Morgan fingerprint density at radius 3 is 2.91 bits per heavy atom. The molecule has 0 amide bonds. The van der Waals surface area contributed by atoms with Crippen LogP contribution in [-0.4, -0.2) is 38.3 Å². The van der Waals surface area contributed by atoms with E-state index >= 15 is 0 Å². The number of nitrogens with zero attached hydrogens (tertiary/aromatic N) is 4. The topological polar surface area (TPSA) is 88.4 Å². The Bertz CT molecular complexity index is 682. The zero-order valence-electron chi connectivity index (χ0n) is 11.9. The molecule has 0 spiro atoms. The van der Waals surface area contributed by atoms with E-state index in [1.165, 1.54) is 0 Å². The Morgan fingerprint density at radius 2 is 2.18 bits per heavy atom. The molecule has 3 aromatic heterocycles. The van der Waals surface area contributed by atoms with E-state index in [0.29, 0.717) is 31.3 Å². The van der Waals surface area contributed by atoms with Gasteiger partial charge in [0.2, 0.25) is 11.7 Å². The normalized spacial score (nSPS) is 11.2. The highest BCUT2D eigenvalue weighted by Gasteiger charge is 2.14. The summed E-state index contributed by atoms with van der Waals surface area (Å²) in [5.74, 6) is 0.989. The van der Waals surface area contributed by atoms with E-state index in [2.05, 4.69) is 15.1 Å². The smallest absolute Gasteiger partial charge is 0.241 e. The molecule has 0 bridgehead atoms. The lowest BCUT2D eigenvalue weighted by molar-refractivity contribution is 0.167. The number of pyridine rings is 1. The van der Waals surface area contributed by atoms with Crippen LogP contribution in [0.1, 0.15) is 11.5 Å². The third-order valence-electron chi connectivity index (χ3n) is 3.15. The molecule has 0 aliphatic rings. The lowest BCUT2D eigenvalue weighted by Gasteiger charge is -2.18. The summed E-state index contributed by atoms with van der Waals surface area (Å²) in [5.41, 5.74) is 1.83. The van der Waals surface area contributed by atoms with Crippen LogP contribution in [0.15, 0.2) is 52.1 Å². The van der Waals surface area contributed by atoms with Gasteiger partial charge in [0.25, 0.3) is 0 Å². The van der Waals surface area contributed by atoms with E-state index in [4.69, 9.17) is 8.94 Å². The van der Waals surface area contributed by atoms with Crippen molar-refractivity contribution in [2.45, 2.75) is 13.1 Å². The van der Waals surface area contributed by atoms with Crippen LogP contribution in [0, 0.1) is 0 Å². The lowest BCUT2D eigenvalue weighted by atomic mass is 10.2. The van der Waals surface area contributed by atoms with Crippen molar-refractivity contribution < 1.29 is 14.0 Å². The SMILES string of the molecule is OCCN(Cc1cccnc1)Cc1nc(-c2ccoc2)no1. The summed E-state index contributed by atoms with van der Waals surface area (Å²) < 4.78 is 10.3. The van der Waals surface area contributed by atoms with Gasteiger partial charge in [0, 0.05) is 25.5 Å². The predicted octanol–water partition coefficient (Wildman–Crippen LogP) is 1.72. The molecule has 7 heteroatoms. The van der Waals surface area contributed by atoms with E-state index in [9.17, 15) is 5.11 Å². The fourth-order valence-corrected chi connectivity index (χ4v) is 2.12. The molecule has 22 heavy (non-hydrogen) atoms. The Hall–Kier alpha value is -2.51. The number of aromatic nitrogens is 3. The Balaban J connectivity index is 1.68. The maximum Gasteiger partial charge on any atom is 0.241 e. The fraction of sp³-hybridized carbons (Fsp3) is 0.267. The molecule has 3 aromatic rings. The number of aliphatic hydroxyl groups excluding tert-OH is 1. The quantitative estimate of drug-likeness (QED) is 0.710. The van der Waals surface area contributed by atoms with Gasteiger partial charge in [0.1, 0.15) is 6.26 Å². The molecular weight excluding hydrogens is 284 g/mol. The van der Waals surface area contributed by atoms with Gasteiger partial charge in [-0.3, -0.25) is 9.88 Å². The highest BCUT2D eigenvalue weighted by atomic mass is 16.5. The molecule has 3 heterocycles. The van der Waals surface area contributed by atoms with Crippen LogP contribution < -0.4 is 0 Å². The Labute approximate surface area is 127 Å². The van der Waals surface area contributed by atoms with E-state index in [0.717, 1.165) is 11.1 Å². The minimum atomic E-state index is 0.0585. The first kappa shape index (κ1) is 14.4. The minimum Gasteiger partial charge on any atom is -0.472 e. The first-order chi connectivity index (χ1) is 10.8. The first-order valence-corrected chi connectivity index (χ1v) is 6.92. The summed E-state index contributed by atoms with van der Waals surface area (Å²) >= 11 is 0. The number of aliphatic hydroxyl groups is 1. The van der Waals surface area contributed by atoms with Gasteiger partial charge in [-0.05, 0) is 17.7 Å². The van der Waals surface area contributed by atoms with Crippen molar-refractivity contribution in [3.63, 3.8) is 0 Å². The molecule has 0 unspecified atom stereocenters. The number of hydrogen-bond donors (Lipinski definition) is 1. The van der Waals surface area contributed by atoms with Crippen molar-refractivity contribution in [1.82, 2.24) is 20.0 Å². The van der Waals surface area contributed by atoms with Crippen LogP contribution in [0.4, 0.5) is 0 Å². The molecule has 7 nitrogen and oxygen atoms in total. The molecule has 0 saturated heterocycles. The van der Waals surface area contributed by atoms with Crippen molar-refractivity contribution in [3.8, 4) is 11.4 Å². The second-order valence-corrected chi connectivity index (χ2v) is 4.82. The fourth-order valence-electron chi connectivity index (χ4n) is 2.12. The van der Waals surface area contributed by atoms with E-state index < -0.39 is 0 Å². The predicted molar refractivity (Wildman–Crippen MR) is 77.4 cm³/mol. The second-order valence-electron chi connectivity index (χ2n) is 4.82. The molecule has 0 saturated carbocycles. The van der Waals surface area contributed by atoms with Gasteiger partial charge >= 0.3 is 0 Å². The zero-order valence-corrected chi connectivity index (χ0v) is 11.9. The van der Waals surface area contributed by atoms with Gasteiger partial charge in [-0.2, -0.15) is 4.98 Å². The maximum atomic E-state index is 9.21. The van der Waals surface area contributed by atoms with Crippen molar-refractivity contribution in [1.29, 1.82) is 0 Å². The molecule has 0 aliphatic carbocycles. The minimum absolute atomic E-state index is 0.0585. The zero-order chi connectivity index (χ0) is 15.2. The highest BCUT2D eigenvalue weighted by molar-refractivity contribution is 5.51. The van der Waals surface area contributed by atoms with Crippen molar-refractivity contribution in [2.24, 2.45) is 0 Å². The van der Waals surface area contributed by atoms with E-state index in [1.807, 2.05) is 17.0 Å². The molecular formula is C15H16N4O3. The summed E-state index contributed by atoms with van der Waals surface area (Å²) in [6.45, 7) is 1.68. The van der Waals surface area contributed by atoms with Gasteiger partial charge in [-0.15, -0.1) is 0 Å². The molecule has 1 N–H and O–H groups in total. The monoisotopic (exact) mass is 300 g/mol. The van der Waals surface area contributed by atoms with Gasteiger partial charge in [-0.1, -0.05) is 11.2 Å². The average molecular weight is 300 g/mol. The Kier molecular flexibility index (Phi) is 4.57. The summed E-state index contributed by atoms with van der Waals surface area (Å²) in [4.78, 5) is 10.4. The summed E-state index contributed by atoms with van der Waals surface area (Å²) in [5, 5.41) is 13.1. The number of hydrogen-bond acceptors (Lipinski definition) is 7. The van der Waals surface area contributed by atoms with Gasteiger partial charge in [-0.25, -0.2) is 0 Å². The summed E-state index contributed by atoms with van der Waals surface area (Å²) in [7, 11) is 0. The molecule has 0 aliphatic heterocycles. The van der Waals surface area contributed by atoms with Gasteiger partial charge < -0.3 is 14.0 Å². The molecule has 0 radical (unpaired) electrons. The average Bonchev–Trinajstić information content (AvgIpc) is 3.19. The molecule has 0 aromatic carbocycles. The van der Waals surface area contributed by atoms with E-state index in [1.54, 1.807) is 31.0 Å². The van der Waals surface area contributed by atoms with Crippen molar-refractivity contribution in [2.75, 3.05) is 13.2 Å². The van der Waals surface area contributed by atoms with Crippen molar-refractivity contribution >= 4 is 0 Å². The van der Waals surface area contributed by atoms with Crippen LogP contribution >= 0.6 is 0 Å². The second kappa shape index (κ2) is 6.97.